The first-order valence-corrected chi connectivity index (χ1v) is 12.5. The first-order valence-electron chi connectivity index (χ1n) is 10.2. The summed E-state index contributed by atoms with van der Waals surface area (Å²) >= 11 is 0. The average Bonchev–Trinajstić information content (AvgIpc) is 2.58. The zero-order valence-electron chi connectivity index (χ0n) is 15.7. The lowest BCUT2D eigenvalue weighted by atomic mass is 10.1. The average molecular weight is 324 g/mol. The Balaban J connectivity index is 2.48. The van der Waals surface area contributed by atoms with Crippen molar-refractivity contribution < 1.29 is 0 Å². The highest BCUT2D eigenvalue weighted by atomic mass is 28.3. The van der Waals surface area contributed by atoms with E-state index in [0.717, 1.165) is 0 Å². The van der Waals surface area contributed by atoms with Crippen LogP contribution < -0.4 is 0 Å². The van der Waals surface area contributed by atoms with Crippen LogP contribution in [0.4, 0.5) is 0 Å². The van der Waals surface area contributed by atoms with Crippen LogP contribution in [0, 0.1) is 0 Å². The van der Waals surface area contributed by atoms with Gasteiger partial charge in [-0.2, -0.15) is 0 Å². The Morgan fingerprint density at radius 2 is 1.27 bits per heavy atom. The van der Waals surface area contributed by atoms with Crippen molar-refractivity contribution in [2.75, 3.05) is 13.1 Å². The molecule has 0 aromatic rings. The summed E-state index contributed by atoms with van der Waals surface area (Å²) < 4.78 is 0. The van der Waals surface area contributed by atoms with Gasteiger partial charge in [-0.1, -0.05) is 83.4 Å². The maximum Gasteiger partial charge on any atom is 0.0611 e. The largest absolute Gasteiger partial charge is 0.297 e. The molecule has 0 saturated carbocycles. The summed E-state index contributed by atoms with van der Waals surface area (Å²) in [4.78, 5) is 2.76. The van der Waals surface area contributed by atoms with Crippen molar-refractivity contribution in [2.24, 2.45) is 0 Å². The molecule has 0 aromatic carbocycles. The van der Waals surface area contributed by atoms with Gasteiger partial charge in [-0.3, -0.25) is 4.90 Å². The second kappa shape index (κ2) is 13.4. The molecule has 2 heteroatoms. The van der Waals surface area contributed by atoms with Crippen molar-refractivity contribution in [1.82, 2.24) is 4.90 Å². The molecule has 0 aromatic heterocycles. The Bertz CT molecular complexity index is 259. The first-order chi connectivity index (χ1) is 10.8. The number of rotatable bonds is 7. The molecule has 130 valence electrons. The number of nitrogens with zero attached hydrogens (tertiary/aromatic N) is 1. The van der Waals surface area contributed by atoms with Gasteiger partial charge in [-0.25, -0.2) is 0 Å². The highest BCUT2D eigenvalue weighted by Gasteiger charge is 2.12. The van der Waals surface area contributed by atoms with Gasteiger partial charge in [0.25, 0.3) is 0 Å². The van der Waals surface area contributed by atoms with E-state index in [2.05, 4.69) is 37.4 Å². The summed E-state index contributed by atoms with van der Waals surface area (Å²) in [5, 5.41) is 0. The maximum absolute atomic E-state index is 2.76. The van der Waals surface area contributed by atoms with E-state index in [9.17, 15) is 0 Å². The van der Waals surface area contributed by atoms with Crippen molar-refractivity contribution in [3.63, 3.8) is 0 Å². The van der Waals surface area contributed by atoms with Crippen molar-refractivity contribution in [3.05, 3.63) is 11.8 Å². The standard InChI is InChI=1S/C20H41NSi/c1-4-17-22(18-5-2)19-14-20(3)21-15-12-10-8-6-7-9-11-13-16-21/h14,19-20,22H,4-13,15-18H2,1-3H3. The second-order valence-corrected chi connectivity index (χ2v) is 10.4. The van der Waals surface area contributed by atoms with Gasteiger partial charge in [0.2, 0.25) is 0 Å². The molecule has 1 heterocycles. The van der Waals surface area contributed by atoms with Crippen LogP contribution in [0.3, 0.4) is 0 Å². The minimum atomic E-state index is -0.595. The second-order valence-electron chi connectivity index (χ2n) is 7.33. The molecule has 0 aliphatic carbocycles. The van der Waals surface area contributed by atoms with Crippen LogP contribution in [0.25, 0.3) is 0 Å². The van der Waals surface area contributed by atoms with E-state index in [-0.39, 0.29) is 0 Å². The lowest BCUT2D eigenvalue weighted by Gasteiger charge is -2.27. The molecule has 0 N–H and O–H groups in total. The molecule has 0 radical (unpaired) electrons. The maximum atomic E-state index is 2.76. The third-order valence-electron chi connectivity index (χ3n) is 5.20. The van der Waals surface area contributed by atoms with E-state index < -0.39 is 8.80 Å². The van der Waals surface area contributed by atoms with Gasteiger partial charge in [-0.05, 0) is 32.9 Å². The fraction of sp³-hybridized carbons (Fsp3) is 0.900. The van der Waals surface area contributed by atoms with Crippen LogP contribution in [0.2, 0.25) is 12.1 Å². The normalized spacial score (nSPS) is 21.1. The van der Waals surface area contributed by atoms with Gasteiger partial charge in [-0.15, -0.1) is 5.70 Å². The third-order valence-corrected chi connectivity index (χ3v) is 8.60. The van der Waals surface area contributed by atoms with Crippen molar-refractivity contribution >= 4 is 8.80 Å². The fourth-order valence-electron chi connectivity index (χ4n) is 3.73. The molecule has 0 amide bonds. The van der Waals surface area contributed by atoms with E-state index in [1.807, 2.05) is 0 Å². The van der Waals surface area contributed by atoms with E-state index in [1.54, 1.807) is 0 Å². The van der Waals surface area contributed by atoms with Crippen LogP contribution in [-0.4, -0.2) is 32.8 Å². The molecular weight excluding hydrogens is 282 g/mol. The lowest BCUT2D eigenvalue weighted by molar-refractivity contribution is 0.232. The van der Waals surface area contributed by atoms with Gasteiger partial charge >= 0.3 is 0 Å². The molecule has 1 nitrogen and oxygen atoms in total. The predicted molar refractivity (Wildman–Crippen MR) is 104 cm³/mol. The predicted octanol–water partition coefficient (Wildman–Crippen LogP) is 5.95. The molecule has 0 spiro atoms. The minimum absolute atomic E-state index is 0.595. The number of hydrogen-bond acceptors (Lipinski definition) is 1. The summed E-state index contributed by atoms with van der Waals surface area (Å²) in [5.41, 5.74) is 2.67. The smallest absolute Gasteiger partial charge is 0.0611 e. The summed E-state index contributed by atoms with van der Waals surface area (Å²) in [6.07, 6.45) is 16.9. The summed E-state index contributed by atoms with van der Waals surface area (Å²) in [6.45, 7) is 9.76. The van der Waals surface area contributed by atoms with Crippen molar-refractivity contribution in [3.8, 4) is 0 Å². The first kappa shape index (κ1) is 20.0. The third kappa shape index (κ3) is 9.15. The number of hydrogen-bond donors (Lipinski definition) is 0. The monoisotopic (exact) mass is 323 g/mol. The van der Waals surface area contributed by atoms with E-state index in [1.165, 1.54) is 89.4 Å². The molecule has 1 saturated heterocycles. The molecule has 1 aliphatic rings. The van der Waals surface area contributed by atoms with Gasteiger partial charge in [0.1, 0.15) is 0 Å². The summed E-state index contributed by atoms with van der Waals surface area (Å²) in [6, 6.07) is 3.65. The summed E-state index contributed by atoms with van der Waals surface area (Å²) in [7, 11) is -0.595. The molecule has 1 atom stereocenters. The molecule has 1 fully saturated rings. The molecule has 22 heavy (non-hydrogen) atoms. The topological polar surface area (TPSA) is 3.24 Å². The minimum Gasteiger partial charge on any atom is -0.297 e. The van der Waals surface area contributed by atoms with Crippen molar-refractivity contribution in [2.45, 2.75) is 103 Å². The van der Waals surface area contributed by atoms with Gasteiger partial charge in [0.05, 0.1) is 8.80 Å². The molecule has 1 aliphatic heterocycles. The molecular formula is C20H41NSi. The Morgan fingerprint density at radius 1 is 0.818 bits per heavy atom. The van der Waals surface area contributed by atoms with Crippen LogP contribution in [0.15, 0.2) is 11.8 Å². The van der Waals surface area contributed by atoms with Crippen LogP contribution in [0.5, 0.6) is 0 Å². The quantitative estimate of drug-likeness (QED) is 0.523. The Hall–Kier alpha value is -0.0831. The molecule has 1 rings (SSSR count). The van der Waals surface area contributed by atoms with Crippen LogP contribution in [0.1, 0.15) is 85.0 Å². The Morgan fingerprint density at radius 3 is 1.73 bits per heavy atom. The van der Waals surface area contributed by atoms with Crippen molar-refractivity contribution in [1.29, 1.82) is 0 Å². The van der Waals surface area contributed by atoms with E-state index >= 15 is 0 Å². The highest BCUT2D eigenvalue weighted by Crippen LogP contribution is 2.15. The Kier molecular flexibility index (Phi) is 12.1. The van der Waals surface area contributed by atoms with E-state index in [4.69, 9.17) is 0 Å². The molecule has 1 unspecified atom stereocenters. The van der Waals surface area contributed by atoms with Gasteiger partial charge in [0.15, 0.2) is 0 Å². The van der Waals surface area contributed by atoms with Crippen LogP contribution in [-0.2, 0) is 0 Å². The Labute approximate surface area is 142 Å². The van der Waals surface area contributed by atoms with Gasteiger partial charge in [0, 0.05) is 6.04 Å². The fourth-order valence-corrected chi connectivity index (χ4v) is 6.52. The van der Waals surface area contributed by atoms with E-state index in [0.29, 0.717) is 6.04 Å². The summed E-state index contributed by atoms with van der Waals surface area (Å²) in [5.74, 6) is 0. The molecule has 0 bridgehead atoms. The van der Waals surface area contributed by atoms with Crippen LogP contribution >= 0.6 is 0 Å². The lowest BCUT2D eigenvalue weighted by Crippen LogP contribution is -2.34. The SMILES string of the molecule is CCC[SiH](C=CC(C)N1CCCCCCCCCC1)CCC. The van der Waals surface area contributed by atoms with Gasteiger partial charge < -0.3 is 0 Å². The zero-order chi connectivity index (χ0) is 16.0. The zero-order valence-corrected chi connectivity index (χ0v) is 16.8. The highest BCUT2D eigenvalue weighted by molar-refractivity contribution is 6.64.